The molecular formula is C14H20F3N3O. The Kier molecular flexibility index (Phi) is 7.60. The maximum absolute atomic E-state index is 11.8. The van der Waals surface area contributed by atoms with E-state index in [-0.39, 0.29) is 6.61 Å². The van der Waals surface area contributed by atoms with Crippen LogP contribution in [0.2, 0.25) is 0 Å². The van der Waals surface area contributed by atoms with E-state index < -0.39 is 12.8 Å². The SMILES string of the molecule is NC(=NCCCOCC(F)(F)F)NCCc1ccccc1. The molecule has 0 bridgehead atoms. The molecule has 0 fully saturated rings. The number of nitrogens with two attached hydrogens (primary N) is 1. The normalized spacial score (nSPS) is 12.4. The highest BCUT2D eigenvalue weighted by Gasteiger charge is 2.27. The van der Waals surface area contributed by atoms with Crippen molar-refractivity contribution < 1.29 is 17.9 Å². The minimum atomic E-state index is -4.28. The lowest BCUT2D eigenvalue weighted by Gasteiger charge is -2.07. The molecule has 0 atom stereocenters. The van der Waals surface area contributed by atoms with E-state index in [4.69, 9.17) is 5.73 Å². The van der Waals surface area contributed by atoms with E-state index in [9.17, 15) is 13.2 Å². The highest BCUT2D eigenvalue weighted by Crippen LogP contribution is 2.14. The lowest BCUT2D eigenvalue weighted by atomic mass is 10.1. The minimum absolute atomic E-state index is 0.0142. The molecule has 0 aliphatic rings. The lowest BCUT2D eigenvalue weighted by molar-refractivity contribution is -0.173. The Morgan fingerprint density at radius 1 is 1.24 bits per heavy atom. The van der Waals surface area contributed by atoms with Crippen molar-refractivity contribution in [3.8, 4) is 0 Å². The molecule has 1 aromatic carbocycles. The summed E-state index contributed by atoms with van der Waals surface area (Å²) in [6, 6.07) is 9.93. The summed E-state index contributed by atoms with van der Waals surface area (Å²) in [4.78, 5) is 4.01. The Morgan fingerprint density at radius 2 is 1.95 bits per heavy atom. The van der Waals surface area contributed by atoms with Gasteiger partial charge in [0, 0.05) is 19.7 Å². The topological polar surface area (TPSA) is 59.6 Å². The molecule has 0 unspecified atom stereocenters. The van der Waals surface area contributed by atoms with Gasteiger partial charge in [-0.15, -0.1) is 0 Å². The highest BCUT2D eigenvalue weighted by molar-refractivity contribution is 5.77. The molecule has 0 aromatic heterocycles. The molecule has 21 heavy (non-hydrogen) atoms. The maximum Gasteiger partial charge on any atom is 0.411 e. The van der Waals surface area contributed by atoms with Crippen LogP contribution in [0.4, 0.5) is 13.2 Å². The van der Waals surface area contributed by atoms with Gasteiger partial charge in [0.1, 0.15) is 6.61 Å². The van der Waals surface area contributed by atoms with Crippen LogP contribution in [0.15, 0.2) is 35.3 Å². The Bertz CT molecular complexity index is 421. The summed E-state index contributed by atoms with van der Waals surface area (Å²) in [5, 5.41) is 2.95. The zero-order chi connectivity index (χ0) is 15.6. The molecule has 0 spiro atoms. The van der Waals surface area contributed by atoms with Crippen molar-refractivity contribution in [1.82, 2.24) is 5.32 Å². The summed E-state index contributed by atoms with van der Waals surface area (Å²) in [6.45, 7) is -0.215. The molecule has 0 saturated heterocycles. The Morgan fingerprint density at radius 3 is 2.62 bits per heavy atom. The summed E-state index contributed by atoms with van der Waals surface area (Å²) in [5.41, 5.74) is 6.83. The maximum atomic E-state index is 11.8. The molecule has 0 aliphatic carbocycles. The number of nitrogens with zero attached hydrogens (tertiary/aromatic N) is 1. The number of rotatable bonds is 8. The van der Waals surface area contributed by atoms with E-state index in [0.29, 0.717) is 25.5 Å². The summed E-state index contributed by atoms with van der Waals surface area (Å²) in [6.07, 6.45) is -3.05. The second-order valence-electron chi connectivity index (χ2n) is 4.45. The number of hydrogen-bond donors (Lipinski definition) is 2. The van der Waals surface area contributed by atoms with Crippen molar-refractivity contribution in [1.29, 1.82) is 0 Å². The van der Waals surface area contributed by atoms with Gasteiger partial charge < -0.3 is 15.8 Å². The first-order chi connectivity index (χ1) is 9.97. The quantitative estimate of drug-likeness (QED) is 0.439. The van der Waals surface area contributed by atoms with Gasteiger partial charge in [0.15, 0.2) is 5.96 Å². The first-order valence-electron chi connectivity index (χ1n) is 6.69. The Balaban J connectivity index is 2.05. The lowest BCUT2D eigenvalue weighted by Crippen LogP contribution is -2.33. The van der Waals surface area contributed by atoms with Gasteiger partial charge in [-0.05, 0) is 18.4 Å². The largest absolute Gasteiger partial charge is 0.411 e. The minimum Gasteiger partial charge on any atom is -0.372 e. The van der Waals surface area contributed by atoms with E-state index in [2.05, 4.69) is 15.0 Å². The van der Waals surface area contributed by atoms with Gasteiger partial charge in [0.05, 0.1) is 0 Å². The first-order valence-corrected chi connectivity index (χ1v) is 6.69. The number of ether oxygens (including phenoxy) is 1. The fraction of sp³-hybridized carbons (Fsp3) is 0.500. The van der Waals surface area contributed by atoms with Gasteiger partial charge in [-0.2, -0.15) is 13.2 Å². The third-order valence-electron chi connectivity index (χ3n) is 2.56. The fourth-order valence-corrected chi connectivity index (χ4v) is 1.59. The Hall–Kier alpha value is -1.76. The van der Waals surface area contributed by atoms with Gasteiger partial charge in [0.2, 0.25) is 0 Å². The van der Waals surface area contributed by atoms with Crippen LogP contribution in [-0.2, 0) is 11.2 Å². The molecule has 0 saturated carbocycles. The van der Waals surface area contributed by atoms with Crippen LogP contribution >= 0.6 is 0 Å². The average molecular weight is 303 g/mol. The molecule has 4 nitrogen and oxygen atoms in total. The second-order valence-corrected chi connectivity index (χ2v) is 4.45. The highest BCUT2D eigenvalue weighted by atomic mass is 19.4. The van der Waals surface area contributed by atoms with Crippen molar-refractivity contribution in [2.24, 2.45) is 10.7 Å². The van der Waals surface area contributed by atoms with Gasteiger partial charge in [-0.25, -0.2) is 0 Å². The number of alkyl halides is 3. The van der Waals surface area contributed by atoms with E-state index in [0.717, 1.165) is 6.42 Å². The number of hydrogen-bond acceptors (Lipinski definition) is 2. The van der Waals surface area contributed by atoms with Gasteiger partial charge in [-0.1, -0.05) is 30.3 Å². The van der Waals surface area contributed by atoms with Gasteiger partial charge in [-0.3, -0.25) is 4.99 Å². The number of benzene rings is 1. The van der Waals surface area contributed by atoms with Crippen LogP contribution in [0.1, 0.15) is 12.0 Å². The number of halogens is 3. The fourth-order valence-electron chi connectivity index (χ4n) is 1.59. The summed E-state index contributed by atoms with van der Waals surface area (Å²) in [7, 11) is 0. The summed E-state index contributed by atoms with van der Waals surface area (Å²) < 4.78 is 39.8. The number of aliphatic imine (C=N–C) groups is 1. The smallest absolute Gasteiger partial charge is 0.372 e. The second kappa shape index (κ2) is 9.23. The summed E-state index contributed by atoms with van der Waals surface area (Å²) in [5.74, 6) is 0.293. The van der Waals surface area contributed by atoms with Crippen molar-refractivity contribution in [3.63, 3.8) is 0 Å². The van der Waals surface area contributed by atoms with Crippen LogP contribution < -0.4 is 11.1 Å². The average Bonchev–Trinajstić information content (AvgIpc) is 2.43. The van der Waals surface area contributed by atoms with Gasteiger partial charge in [0.25, 0.3) is 0 Å². The van der Waals surface area contributed by atoms with Crippen molar-refractivity contribution in [2.75, 3.05) is 26.3 Å². The zero-order valence-corrected chi connectivity index (χ0v) is 11.7. The van der Waals surface area contributed by atoms with Crippen molar-refractivity contribution in [3.05, 3.63) is 35.9 Å². The van der Waals surface area contributed by atoms with Crippen LogP contribution in [0, 0.1) is 0 Å². The van der Waals surface area contributed by atoms with Gasteiger partial charge >= 0.3 is 6.18 Å². The molecule has 0 amide bonds. The molecule has 7 heteroatoms. The first kappa shape index (κ1) is 17.3. The van der Waals surface area contributed by atoms with Crippen molar-refractivity contribution in [2.45, 2.75) is 19.0 Å². The molecular weight excluding hydrogens is 283 g/mol. The predicted octanol–water partition coefficient (Wildman–Crippen LogP) is 2.10. The van der Waals surface area contributed by atoms with Crippen LogP contribution in [0.5, 0.6) is 0 Å². The monoisotopic (exact) mass is 303 g/mol. The molecule has 118 valence electrons. The number of guanidine groups is 1. The third kappa shape index (κ3) is 9.73. The molecule has 0 radical (unpaired) electrons. The van der Waals surface area contributed by atoms with E-state index in [1.54, 1.807) is 0 Å². The van der Waals surface area contributed by atoms with E-state index >= 15 is 0 Å². The third-order valence-corrected chi connectivity index (χ3v) is 2.56. The van der Waals surface area contributed by atoms with Crippen molar-refractivity contribution >= 4 is 5.96 Å². The molecule has 3 N–H and O–H groups in total. The van der Waals surface area contributed by atoms with Crippen LogP contribution in [0.3, 0.4) is 0 Å². The standard InChI is InChI=1S/C14H20F3N3O/c15-14(16,17)11-21-10-4-8-19-13(18)20-9-7-12-5-2-1-3-6-12/h1-3,5-6H,4,7-11H2,(H3,18,19,20). The van der Waals surface area contributed by atoms with E-state index in [1.165, 1.54) is 5.56 Å². The number of nitrogens with one attached hydrogen (secondary N) is 1. The Labute approximate surface area is 122 Å². The van der Waals surface area contributed by atoms with E-state index in [1.807, 2.05) is 30.3 Å². The molecule has 0 aliphatic heterocycles. The predicted molar refractivity (Wildman–Crippen MR) is 76.1 cm³/mol. The molecule has 0 heterocycles. The van der Waals surface area contributed by atoms with Crippen LogP contribution in [0.25, 0.3) is 0 Å². The zero-order valence-electron chi connectivity index (χ0n) is 11.7. The molecule has 1 aromatic rings. The van der Waals surface area contributed by atoms with Crippen LogP contribution in [-0.4, -0.2) is 38.4 Å². The molecule has 1 rings (SSSR count). The summed E-state index contributed by atoms with van der Waals surface area (Å²) >= 11 is 0.